The van der Waals surface area contributed by atoms with Crippen LogP contribution in [0.4, 0.5) is 0 Å². The van der Waals surface area contributed by atoms with Crippen LogP contribution in [0.15, 0.2) is 23.1 Å². The van der Waals surface area contributed by atoms with Gasteiger partial charge >= 0.3 is 0 Å². The number of pyridine rings is 1. The molecule has 0 bridgehead atoms. The van der Waals surface area contributed by atoms with E-state index in [1.165, 1.54) is 18.4 Å². The summed E-state index contributed by atoms with van der Waals surface area (Å²) < 4.78 is 7.38. The van der Waals surface area contributed by atoms with Gasteiger partial charge in [0.05, 0.1) is 0 Å². The van der Waals surface area contributed by atoms with Gasteiger partial charge in [-0.05, 0) is 37.2 Å². The monoisotopic (exact) mass is 345 g/mol. The summed E-state index contributed by atoms with van der Waals surface area (Å²) in [4.78, 5) is 28.7. The molecule has 1 aliphatic carbocycles. The van der Waals surface area contributed by atoms with Gasteiger partial charge in [-0.3, -0.25) is 14.5 Å². The van der Waals surface area contributed by atoms with E-state index in [1.54, 1.807) is 6.07 Å². The molecular formula is C19H27N3O3. The van der Waals surface area contributed by atoms with Crippen molar-refractivity contribution in [3.8, 4) is 0 Å². The largest absolute Gasteiger partial charge is 0.368 e. The van der Waals surface area contributed by atoms with Crippen molar-refractivity contribution in [1.29, 1.82) is 0 Å². The lowest BCUT2D eigenvalue weighted by atomic mass is 10.2. The molecule has 136 valence electrons. The average molecular weight is 345 g/mol. The Labute approximate surface area is 148 Å². The fraction of sp³-hybridized carbons (Fsp3) is 0.684. The van der Waals surface area contributed by atoms with Gasteiger partial charge < -0.3 is 14.2 Å². The Bertz CT molecular complexity index is 669. The number of amides is 1. The van der Waals surface area contributed by atoms with Crippen LogP contribution in [0.1, 0.15) is 31.2 Å². The Morgan fingerprint density at radius 1 is 1.12 bits per heavy atom. The van der Waals surface area contributed by atoms with E-state index in [-0.39, 0.29) is 17.6 Å². The molecule has 1 unspecified atom stereocenters. The zero-order valence-electron chi connectivity index (χ0n) is 14.7. The fourth-order valence-electron chi connectivity index (χ4n) is 3.76. The number of carbonyl (C=O) groups is 1. The summed E-state index contributed by atoms with van der Waals surface area (Å²) in [5.74, 6) is 0.857. The molecule has 25 heavy (non-hydrogen) atoms. The van der Waals surface area contributed by atoms with Gasteiger partial charge in [0.1, 0.15) is 6.10 Å². The van der Waals surface area contributed by atoms with Crippen LogP contribution in [0.25, 0.3) is 0 Å². The highest BCUT2D eigenvalue weighted by Gasteiger charge is 2.30. The van der Waals surface area contributed by atoms with Gasteiger partial charge in [-0.25, -0.2) is 0 Å². The first kappa shape index (κ1) is 16.8. The minimum absolute atomic E-state index is 0.0997. The number of piperazine rings is 1. The summed E-state index contributed by atoms with van der Waals surface area (Å²) in [6, 6.07) is 3.63. The van der Waals surface area contributed by atoms with E-state index in [0.717, 1.165) is 52.1 Å². The molecule has 6 heteroatoms. The van der Waals surface area contributed by atoms with Crippen molar-refractivity contribution in [2.45, 2.75) is 44.9 Å². The molecule has 0 spiro atoms. The number of hydrogen-bond acceptors (Lipinski definition) is 4. The highest BCUT2D eigenvalue weighted by molar-refractivity contribution is 5.81. The topological polar surface area (TPSA) is 54.8 Å². The Kier molecular flexibility index (Phi) is 4.90. The van der Waals surface area contributed by atoms with Crippen LogP contribution in [-0.2, 0) is 22.6 Å². The first-order valence-corrected chi connectivity index (χ1v) is 9.51. The summed E-state index contributed by atoms with van der Waals surface area (Å²) in [6.45, 7) is 5.69. The Balaban J connectivity index is 1.31. The summed E-state index contributed by atoms with van der Waals surface area (Å²) in [6.07, 6.45) is 6.16. The molecule has 0 aromatic carbocycles. The van der Waals surface area contributed by atoms with Crippen LogP contribution >= 0.6 is 0 Å². The highest BCUT2D eigenvalue weighted by Crippen LogP contribution is 2.30. The number of aromatic nitrogens is 1. The third-order valence-electron chi connectivity index (χ3n) is 5.49. The molecular weight excluding hydrogens is 318 g/mol. The Morgan fingerprint density at radius 2 is 1.92 bits per heavy atom. The van der Waals surface area contributed by atoms with Crippen molar-refractivity contribution in [1.82, 2.24) is 14.4 Å². The van der Waals surface area contributed by atoms with Crippen molar-refractivity contribution in [2.75, 3.05) is 32.8 Å². The van der Waals surface area contributed by atoms with Gasteiger partial charge in [0.25, 0.3) is 11.5 Å². The minimum atomic E-state index is -0.211. The smallest absolute Gasteiger partial charge is 0.251 e. The van der Waals surface area contributed by atoms with E-state index in [4.69, 9.17) is 4.74 Å². The first-order chi connectivity index (χ1) is 12.2. The number of ether oxygens (including phenoxy) is 1. The van der Waals surface area contributed by atoms with Crippen LogP contribution in [0.5, 0.6) is 0 Å². The van der Waals surface area contributed by atoms with Crippen LogP contribution < -0.4 is 5.56 Å². The molecule has 3 aliphatic rings. The number of carbonyl (C=O) groups excluding carboxylic acids is 1. The zero-order valence-corrected chi connectivity index (χ0v) is 14.7. The fourth-order valence-corrected chi connectivity index (χ4v) is 3.76. The molecule has 1 saturated carbocycles. The molecule has 2 saturated heterocycles. The van der Waals surface area contributed by atoms with E-state index in [9.17, 15) is 9.59 Å². The quantitative estimate of drug-likeness (QED) is 0.801. The van der Waals surface area contributed by atoms with Crippen LogP contribution in [0, 0.1) is 5.92 Å². The third kappa shape index (κ3) is 4.12. The van der Waals surface area contributed by atoms with Gasteiger partial charge in [0.15, 0.2) is 0 Å². The molecule has 1 aromatic heterocycles. The first-order valence-electron chi connectivity index (χ1n) is 9.51. The van der Waals surface area contributed by atoms with Crippen molar-refractivity contribution >= 4 is 5.91 Å². The summed E-state index contributed by atoms with van der Waals surface area (Å²) in [5, 5.41) is 0. The number of hydrogen-bond donors (Lipinski definition) is 0. The van der Waals surface area contributed by atoms with Gasteiger partial charge in [0.2, 0.25) is 0 Å². The van der Waals surface area contributed by atoms with Crippen molar-refractivity contribution in [3.63, 3.8) is 0 Å². The van der Waals surface area contributed by atoms with Crippen LogP contribution in [-0.4, -0.2) is 59.2 Å². The lowest BCUT2D eigenvalue weighted by molar-refractivity contribution is -0.142. The zero-order chi connectivity index (χ0) is 17.2. The van der Waals surface area contributed by atoms with Gasteiger partial charge in [0, 0.05) is 58.1 Å². The SMILES string of the molecule is O=C(C1CCCO1)N1CCN(Cc2ccc(=O)n(CC3CC3)c2)CC1. The number of rotatable bonds is 5. The molecule has 3 heterocycles. The molecule has 0 radical (unpaired) electrons. The highest BCUT2D eigenvalue weighted by atomic mass is 16.5. The predicted octanol–water partition coefficient (Wildman–Crippen LogP) is 1.08. The lowest BCUT2D eigenvalue weighted by Crippen LogP contribution is -2.51. The van der Waals surface area contributed by atoms with Crippen molar-refractivity contribution < 1.29 is 9.53 Å². The summed E-state index contributed by atoms with van der Waals surface area (Å²) in [5.41, 5.74) is 1.28. The van der Waals surface area contributed by atoms with E-state index in [2.05, 4.69) is 4.90 Å². The molecule has 1 atom stereocenters. The third-order valence-corrected chi connectivity index (χ3v) is 5.49. The summed E-state index contributed by atoms with van der Waals surface area (Å²) in [7, 11) is 0. The van der Waals surface area contributed by atoms with E-state index >= 15 is 0 Å². The van der Waals surface area contributed by atoms with Gasteiger partial charge in [-0.2, -0.15) is 0 Å². The molecule has 3 fully saturated rings. The van der Waals surface area contributed by atoms with Crippen molar-refractivity contribution in [2.24, 2.45) is 5.92 Å². The second-order valence-corrected chi connectivity index (χ2v) is 7.57. The molecule has 2 aliphatic heterocycles. The molecule has 1 amide bonds. The average Bonchev–Trinajstić information content (AvgIpc) is 3.27. The summed E-state index contributed by atoms with van der Waals surface area (Å²) >= 11 is 0. The molecule has 6 nitrogen and oxygen atoms in total. The van der Waals surface area contributed by atoms with Crippen molar-refractivity contribution in [3.05, 3.63) is 34.2 Å². The molecule has 0 N–H and O–H groups in total. The Morgan fingerprint density at radius 3 is 2.60 bits per heavy atom. The van der Waals surface area contributed by atoms with E-state index in [1.807, 2.05) is 21.7 Å². The van der Waals surface area contributed by atoms with Gasteiger partial charge in [-0.1, -0.05) is 6.07 Å². The minimum Gasteiger partial charge on any atom is -0.368 e. The lowest BCUT2D eigenvalue weighted by Gasteiger charge is -2.35. The second-order valence-electron chi connectivity index (χ2n) is 7.57. The predicted molar refractivity (Wildman–Crippen MR) is 94.3 cm³/mol. The second kappa shape index (κ2) is 7.30. The maximum absolute atomic E-state index is 12.4. The van der Waals surface area contributed by atoms with E-state index < -0.39 is 0 Å². The Hall–Kier alpha value is -1.66. The standard InChI is InChI=1S/C19H27N3O3/c23-18-6-5-16(14-22(18)13-15-3-4-15)12-20-7-9-21(10-8-20)19(24)17-2-1-11-25-17/h5-6,14-15,17H,1-4,7-13H2. The van der Waals surface area contributed by atoms with Gasteiger partial charge in [-0.15, -0.1) is 0 Å². The molecule has 1 aromatic rings. The van der Waals surface area contributed by atoms with E-state index in [0.29, 0.717) is 12.5 Å². The number of nitrogens with zero attached hydrogens (tertiary/aromatic N) is 3. The van der Waals surface area contributed by atoms with Crippen LogP contribution in [0.3, 0.4) is 0 Å². The van der Waals surface area contributed by atoms with Crippen LogP contribution in [0.2, 0.25) is 0 Å². The maximum Gasteiger partial charge on any atom is 0.251 e. The maximum atomic E-state index is 12.4. The molecule has 4 rings (SSSR count). The normalized spacial score (nSPS) is 24.6.